The van der Waals surface area contributed by atoms with E-state index < -0.39 is 11.8 Å². The van der Waals surface area contributed by atoms with E-state index in [1.165, 1.54) is 6.08 Å². The van der Waals surface area contributed by atoms with E-state index in [2.05, 4.69) is 42.7 Å². The Morgan fingerprint density at radius 3 is 2.48 bits per heavy atom. The summed E-state index contributed by atoms with van der Waals surface area (Å²) in [6, 6.07) is 12.3. The molecule has 130 valence electrons. The fourth-order valence-electron chi connectivity index (χ4n) is 1.69. The van der Waals surface area contributed by atoms with Gasteiger partial charge in [0.1, 0.15) is 5.75 Å². The molecular formula is C17H13Br2ClN2O3. The lowest BCUT2D eigenvalue weighted by atomic mass is 10.2. The first-order valence-corrected chi connectivity index (χ1v) is 9.01. The second kappa shape index (κ2) is 9.60. The van der Waals surface area contributed by atoms with Crippen molar-refractivity contribution in [3.8, 4) is 5.75 Å². The fourth-order valence-corrected chi connectivity index (χ4v) is 2.98. The Hall–Kier alpha value is -1.83. The summed E-state index contributed by atoms with van der Waals surface area (Å²) in [5.41, 5.74) is 5.36. The number of nitrogens with one attached hydrogen (secondary N) is 2. The van der Waals surface area contributed by atoms with Crippen LogP contribution in [0, 0.1) is 0 Å². The van der Waals surface area contributed by atoms with Gasteiger partial charge >= 0.3 is 0 Å². The molecule has 5 nitrogen and oxygen atoms in total. The maximum Gasteiger partial charge on any atom is 0.276 e. The van der Waals surface area contributed by atoms with E-state index in [1.54, 1.807) is 48.5 Å². The van der Waals surface area contributed by atoms with Crippen molar-refractivity contribution in [1.82, 2.24) is 10.9 Å². The molecule has 0 unspecified atom stereocenters. The average molecular weight is 489 g/mol. The zero-order chi connectivity index (χ0) is 18.2. The summed E-state index contributed by atoms with van der Waals surface area (Å²) in [6.07, 6.45) is 2.91. The van der Waals surface area contributed by atoms with Crippen molar-refractivity contribution in [2.45, 2.75) is 0 Å². The molecule has 0 aliphatic carbocycles. The van der Waals surface area contributed by atoms with Crippen LogP contribution in [-0.4, -0.2) is 18.4 Å². The quantitative estimate of drug-likeness (QED) is 0.492. The summed E-state index contributed by atoms with van der Waals surface area (Å²) in [4.78, 5) is 23.4. The molecule has 2 rings (SSSR count). The smallest absolute Gasteiger partial charge is 0.276 e. The molecule has 0 aromatic heterocycles. The van der Waals surface area contributed by atoms with Crippen molar-refractivity contribution in [2.24, 2.45) is 0 Å². The second-order valence-electron chi connectivity index (χ2n) is 4.79. The van der Waals surface area contributed by atoms with Crippen LogP contribution >= 0.6 is 43.5 Å². The van der Waals surface area contributed by atoms with Crippen LogP contribution in [0.15, 0.2) is 57.5 Å². The maximum absolute atomic E-state index is 11.7. The van der Waals surface area contributed by atoms with Crippen LogP contribution in [0.3, 0.4) is 0 Å². The van der Waals surface area contributed by atoms with Crippen molar-refractivity contribution in [2.75, 3.05) is 6.61 Å². The number of carbonyl (C=O) groups excluding carboxylic acids is 2. The van der Waals surface area contributed by atoms with Crippen LogP contribution in [0.2, 0.25) is 5.02 Å². The zero-order valence-electron chi connectivity index (χ0n) is 12.8. The minimum absolute atomic E-state index is 0.235. The number of rotatable bonds is 5. The van der Waals surface area contributed by atoms with Gasteiger partial charge in [0.05, 0.1) is 4.47 Å². The molecule has 0 aliphatic rings. The standard InChI is InChI=1S/C17H13Br2ClN2O3/c18-12-4-7-15(14(19)9-12)25-10-17(24)22-21-16(23)8-3-11-1-5-13(20)6-2-11/h1-9H,10H2,(H,21,23)(H,22,24)/b8-3+. The molecule has 0 heterocycles. The number of ether oxygens (including phenoxy) is 1. The molecule has 8 heteroatoms. The van der Waals surface area contributed by atoms with Crippen molar-refractivity contribution < 1.29 is 14.3 Å². The molecule has 0 atom stereocenters. The predicted molar refractivity (Wildman–Crippen MR) is 104 cm³/mol. The van der Waals surface area contributed by atoms with Gasteiger partial charge in [-0.1, -0.05) is 39.7 Å². The van der Waals surface area contributed by atoms with E-state index in [9.17, 15) is 9.59 Å². The number of benzene rings is 2. The minimum atomic E-state index is -0.483. The Kier molecular flexibility index (Phi) is 7.49. The van der Waals surface area contributed by atoms with Gasteiger partial charge in [-0.3, -0.25) is 20.4 Å². The summed E-state index contributed by atoms with van der Waals surface area (Å²) in [6.45, 7) is -0.235. The number of hydrogen-bond acceptors (Lipinski definition) is 3. The van der Waals surface area contributed by atoms with Gasteiger partial charge in [0.15, 0.2) is 6.61 Å². The van der Waals surface area contributed by atoms with E-state index >= 15 is 0 Å². The number of hydrazine groups is 1. The Bertz CT molecular complexity index is 795. The lowest BCUT2D eigenvalue weighted by Gasteiger charge is -2.09. The number of halogens is 3. The zero-order valence-corrected chi connectivity index (χ0v) is 16.7. The largest absolute Gasteiger partial charge is 0.483 e. The predicted octanol–water partition coefficient (Wildman–Crippen LogP) is 4.10. The summed E-state index contributed by atoms with van der Waals surface area (Å²) in [7, 11) is 0. The third-order valence-corrected chi connectivity index (χ3v) is 4.24. The maximum atomic E-state index is 11.7. The Morgan fingerprint density at radius 1 is 1.08 bits per heavy atom. The monoisotopic (exact) mass is 486 g/mol. The molecule has 0 radical (unpaired) electrons. The van der Waals surface area contributed by atoms with Gasteiger partial charge in [-0.05, 0) is 57.9 Å². The first-order chi connectivity index (χ1) is 11.9. The van der Waals surface area contributed by atoms with Gasteiger partial charge in [0, 0.05) is 15.6 Å². The molecule has 2 N–H and O–H groups in total. The molecule has 2 amide bonds. The number of amides is 2. The Labute approximate surface area is 166 Å². The molecule has 0 saturated carbocycles. The van der Waals surface area contributed by atoms with Crippen LogP contribution in [0.4, 0.5) is 0 Å². The first-order valence-electron chi connectivity index (χ1n) is 7.04. The molecule has 25 heavy (non-hydrogen) atoms. The normalized spacial score (nSPS) is 10.5. The number of carbonyl (C=O) groups is 2. The lowest BCUT2D eigenvalue weighted by molar-refractivity contribution is -0.128. The topological polar surface area (TPSA) is 67.4 Å². The molecule has 2 aromatic carbocycles. The highest BCUT2D eigenvalue weighted by atomic mass is 79.9. The van der Waals surface area contributed by atoms with Crippen LogP contribution in [0.5, 0.6) is 5.75 Å². The molecule has 2 aromatic rings. The van der Waals surface area contributed by atoms with Crippen molar-refractivity contribution in [3.63, 3.8) is 0 Å². The Morgan fingerprint density at radius 2 is 1.80 bits per heavy atom. The first kappa shape index (κ1) is 19.5. The van der Waals surface area contributed by atoms with Gasteiger partial charge in [-0.25, -0.2) is 0 Å². The molecule has 0 spiro atoms. The van der Waals surface area contributed by atoms with E-state index in [4.69, 9.17) is 16.3 Å². The molecular weight excluding hydrogens is 475 g/mol. The van der Waals surface area contributed by atoms with Crippen LogP contribution in [0.25, 0.3) is 6.08 Å². The SMILES string of the molecule is O=C(/C=C/c1ccc(Cl)cc1)NNC(=O)COc1ccc(Br)cc1Br. The third kappa shape index (κ3) is 6.89. The summed E-state index contributed by atoms with van der Waals surface area (Å²) >= 11 is 12.4. The van der Waals surface area contributed by atoms with E-state index in [-0.39, 0.29) is 6.61 Å². The fraction of sp³-hybridized carbons (Fsp3) is 0.0588. The van der Waals surface area contributed by atoms with Crippen molar-refractivity contribution >= 4 is 61.4 Å². The highest BCUT2D eigenvalue weighted by Gasteiger charge is 2.06. The highest BCUT2D eigenvalue weighted by Crippen LogP contribution is 2.28. The van der Waals surface area contributed by atoms with E-state index in [1.807, 2.05) is 0 Å². The molecule has 0 aliphatic heterocycles. The van der Waals surface area contributed by atoms with Gasteiger partial charge in [0.2, 0.25) is 0 Å². The molecule has 0 bridgehead atoms. The average Bonchev–Trinajstić information content (AvgIpc) is 2.58. The van der Waals surface area contributed by atoms with E-state index in [0.29, 0.717) is 15.2 Å². The minimum Gasteiger partial charge on any atom is -0.483 e. The summed E-state index contributed by atoms with van der Waals surface area (Å²) in [5, 5.41) is 0.617. The third-order valence-electron chi connectivity index (χ3n) is 2.87. The van der Waals surface area contributed by atoms with E-state index in [0.717, 1.165) is 10.0 Å². The van der Waals surface area contributed by atoms with Crippen LogP contribution in [-0.2, 0) is 9.59 Å². The van der Waals surface area contributed by atoms with Crippen LogP contribution in [0.1, 0.15) is 5.56 Å². The van der Waals surface area contributed by atoms with Gasteiger partial charge in [0.25, 0.3) is 11.8 Å². The lowest BCUT2D eigenvalue weighted by Crippen LogP contribution is -2.43. The molecule has 0 saturated heterocycles. The Balaban J connectivity index is 1.75. The van der Waals surface area contributed by atoms with Gasteiger partial charge in [-0.2, -0.15) is 0 Å². The molecule has 0 fully saturated rings. The summed E-state index contributed by atoms with van der Waals surface area (Å²) < 4.78 is 6.96. The summed E-state index contributed by atoms with van der Waals surface area (Å²) in [5.74, 6) is -0.427. The van der Waals surface area contributed by atoms with Crippen molar-refractivity contribution in [3.05, 3.63) is 68.1 Å². The van der Waals surface area contributed by atoms with Crippen molar-refractivity contribution in [1.29, 1.82) is 0 Å². The van der Waals surface area contributed by atoms with Crippen LogP contribution < -0.4 is 15.6 Å². The van der Waals surface area contributed by atoms with Gasteiger partial charge in [-0.15, -0.1) is 0 Å². The second-order valence-corrected chi connectivity index (χ2v) is 6.99. The highest BCUT2D eigenvalue weighted by molar-refractivity contribution is 9.11. The van der Waals surface area contributed by atoms with Gasteiger partial charge < -0.3 is 4.74 Å². The number of hydrogen-bond donors (Lipinski definition) is 2.